The van der Waals surface area contributed by atoms with E-state index < -0.39 is 0 Å². The Balaban J connectivity index is 1.87. The van der Waals surface area contributed by atoms with Crippen molar-refractivity contribution in [1.29, 1.82) is 0 Å². The lowest BCUT2D eigenvalue weighted by molar-refractivity contribution is 0.414. The maximum Gasteiger partial charge on any atom is 0.275 e. The number of rotatable bonds is 3. The van der Waals surface area contributed by atoms with Crippen LogP contribution in [0.1, 0.15) is 0 Å². The molecule has 0 bridgehead atoms. The maximum absolute atomic E-state index is 13.0. The molecule has 2 aromatic heterocycles. The monoisotopic (exact) mass is 402 g/mol. The lowest BCUT2D eigenvalue weighted by Crippen LogP contribution is -2.17. The first-order valence-electron chi connectivity index (χ1n) is 7.68. The summed E-state index contributed by atoms with van der Waals surface area (Å²) in [7, 11) is 1.59. The van der Waals surface area contributed by atoms with Crippen LogP contribution in [0.2, 0.25) is 10.0 Å². The first-order chi connectivity index (χ1) is 12.6. The van der Waals surface area contributed by atoms with Gasteiger partial charge in [0.05, 0.1) is 23.3 Å². The Bertz CT molecular complexity index is 1180. The van der Waals surface area contributed by atoms with Crippen LogP contribution in [0.5, 0.6) is 5.75 Å². The predicted octanol–water partition coefficient (Wildman–Crippen LogP) is 5.43. The smallest absolute Gasteiger partial charge is 0.275 e. The van der Waals surface area contributed by atoms with Crippen molar-refractivity contribution < 1.29 is 4.74 Å². The van der Waals surface area contributed by atoms with E-state index >= 15 is 0 Å². The summed E-state index contributed by atoms with van der Waals surface area (Å²) >= 11 is 13.6. The first kappa shape index (κ1) is 17.1. The minimum Gasteiger partial charge on any atom is -0.497 e. The fourth-order valence-corrected chi connectivity index (χ4v) is 4.33. The van der Waals surface area contributed by atoms with E-state index in [0.717, 1.165) is 10.4 Å². The largest absolute Gasteiger partial charge is 0.497 e. The molecule has 4 aromatic rings. The van der Waals surface area contributed by atoms with Gasteiger partial charge < -0.3 is 4.74 Å². The average molecular weight is 403 g/mol. The molecule has 0 aliphatic carbocycles. The highest BCUT2D eigenvalue weighted by Gasteiger charge is 2.13. The Kier molecular flexibility index (Phi) is 4.44. The van der Waals surface area contributed by atoms with Crippen LogP contribution in [0.3, 0.4) is 0 Å². The van der Waals surface area contributed by atoms with Crippen molar-refractivity contribution >= 4 is 44.8 Å². The number of hydrogen-bond acceptors (Lipinski definition) is 4. The molecule has 0 amide bonds. The zero-order valence-corrected chi connectivity index (χ0v) is 15.9. The van der Waals surface area contributed by atoms with Crippen LogP contribution in [0.25, 0.3) is 26.3 Å². The normalized spacial score (nSPS) is 11.0. The van der Waals surface area contributed by atoms with E-state index in [9.17, 15) is 4.79 Å². The van der Waals surface area contributed by atoms with Crippen LogP contribution < -0.4 is 10.3 Å². The molecule has 0 aliphatic rings. The van der Waals surface area contributed by atoms with E-state index in [2.05, 4.69) is 4.98 Å². The molecule has 4 nitrogen and oxygen atoms in total. The molecule has 0 radical (unpaired) electrons. The Labute approximate surface area is 163 Å². The topological polar surface area (TPSA) is 44.1 Å². The summed E-state index contributed by atoms with van der Waals surface area (Å²) in [5.41, 5.74) is 2.03. The van der Waals surface area contributed by atoms with E-state index in [1.165, 1.54) is 22.2 Å². The number of halogens is 2. The number of thiophene rings is 1. The number of methoxy groups -OCH3 is 1. The molecule has 0 atom stereocenters. The van der Waals surface area contributed by atoms with Crippen molar-refractivity contribution in [3.05, 3.63) is 75.3 Å². The van der Waals surface area contributed by atoms with Crippen LogP contribution >= 0.6 is 34.5 Å². The van der Waals surface area contributed by atoms with Gasteiger partial charge in [0.1, 0.15) is 16.8 Å². The van der Waals surface area contributed by atoms with Crippen LogP contribution in [-0.4, -0.2) is 16.7 Å². The third kappa shape index (κ3) is 2.98. The summed E-state index contributed by atoms with van der Waals surface area (Å²) in [4.78, 5) is 18.3. The van der Waals surface area contributed by atoms with Gasteiger partial charge in [-0.2, -0.15) is 0 Å². The highest BCUT2D eigenvalue weighted by atomic mass is 35.5. The second-order valence-electron chi connectivity index (χ2n) is 5.57. The van der Waals surface area contributed by atoms with Crippen LogP contribution in [0.4, 0.5) is 0 Å². The third-order valence-corrected chi connectivity index (χ3v) is 5.66. The summed E-state index contributed by atoms with van der Waals surface area (Å²) in [6.07, 6.45) is 1.53. The summed E-state index contributed by atoms with van der Waals surface area (Å²) in [5, 5.41) is 1.11. The summed E-state index contributed by atoms with van der Waals surface area (Å²) in [6, 6.07) is 14.5. The van der Waals surface area contributed by atoms with E-state index in [-0.39, 0.29) is 5.56 Å². The van der Waals surface area contributed by atoms with Crippen molar-refractivity contribution in [1.82, 2.24) is 9.55 Å². The fourth-order valence-electron chi connectivity index (χ4n) is 2.68. The van der Waals surface area contributed by atoms with Crippen LogP contribution in [0, 0.1) is 0 Å². The molecule has 0 saturated carbocycles. The van der Waals surface area contributed by atoms with E-state index in [4.69, 9.17) is 27.9 Å². The number of ether oxygens (including phenoxy) is 1. The summed E-state index contributed by atoms with van der Waals surface area (Å²) in [5.74, 6) is 0.675. The maximum atomic E-state index is 13.0. The molecular formula is C19H12Cl2N2O2S. The molecule has 2 aromatic carbocycles. The number of benzene rings is 2. The van der Waals surface area contributed by atoms with E-state index in [1.54, 1.807) is 25.3 Å². The first-order valence-corrected chi connectivity index (χ1v) is 9.25. The van der Waals surface area contributed by atoms with Gasteiger partial charge in [0.25, 0.3) is 5.56 Å². The van der Waals surface area contributed by atoms with Gasteiger partial charge in [0.2, 0.25) is 0 Å². The van der Waals surface area contributed by atoms with Gasteiger partial charge in [-0.1, -0.05) is 35.3 Å². The van der Waals surface area contributed by atoms with Crippen molar-refractivity contribution in [2.45, 2.75) is 0 Å². The van der Waals surface area contributed by atoms with Gasteiger partial charge in [-0.25, -0.2) is 4.98 Å². The predicted molar refractivity (Wildman–Crippen MR) is 107 cm³/mol. The number of aromatic nitrogens is 2. The quantitative estimate of drug-likeness (QED) is 0.458. The Morgan fingerprint density at radius 2 is 1.96 bits per heavy atom. The van der Waals surface area contributed by atoms with Gasteiger partial charge >= 0.3 is 0 Å². The molecule has 0 fully saturated rings. The Morgan fingerprint density at radius 3 is 2.73 bits per heavy atom. The minimum absolute atomic E-state index is 0.135. The molecular weight excluding hydrogens is 391 g/mol. The highest BCUT2D eigenvalue weighted by molar-refractivity contribution is 7.22. The molecule has 0 aliphatic heterocycles. The van der Waals surface area contributed by atoms with Crippen LogP contribution in [0.15, 0.2) is 59.7 Å². The standard InChI is InChI=1S/C19H12Cl2N2O2S/c1-25-13-4-2-3-12(8-13)23-10-22-16-9-17(26-18(16)19(23)24)14-6-5-11(20)7-15(14)21/h2-10H,1H3. The molecule has 130 valence electrons. The number of nitrogens with zero attached hydrogens (tertiary/aromatic N) is 2. The SMILES string of the molecule is COc1cccc(-n2cnc3cc(-c4ccc(Cl)cc4Cl)sc3c2=O)c1. The molecule has 26 heavy (non-hydrogen) atoms. The molecule has 7 heteroatoms. The minimum atomic E-state index is -0.135. The third-order valence-electron chi connectivity index (χ3n) is 3.97. The molecule has 0 N–H and O–H groups in total. The zero-order chi connectivity index (χ0) is 18.3. The highest BCUT2D eigenvalue weighted by Crippen LogP contribution is 2.36. The summed E-state index contributed by atoms with van der Waals surface area (Å²) < 4.78 is 7.30. The lowest BCUT2D eigenvalue weighted by Gasteiger charge is -2.06. The second-order valence-corrected chi connectivity index (χ2v) is 7.47. The Hall–Kier alpha value is -2.34. The van der Waals surface area contributed by atoms with Gasteiger partial charge in [-0.15, -0.1) is 11.3 Å². The number of fused-ring (bicyclic) bond motifs is 1. The van der Waals surface area contributed by atoms with Crippen molar-refractivity contribution in [2.24, 2.45) is 0 Å². The van der Waals surface area contributed by atoms with E-state index in [1.807, 2.05) is 30.3 Å². The van der Waals surface area contributed by atoms with Gasteiger partial charge in [0.15, 0.2) is 0 Å². The lowest BCUT2D eigenvalue weighted by atomic mass is 10.2. The van der Waals surface area contributed by atoms with E-state index in [0.29, 0.717) is 31.7 Å². The molecule has 2 heterocycles. The van der Waals surface area contributed by atoms with Gasteiger partial charge in [0, 0.05) is 21.5 Å². The summed E-state index contributed by atoms with van der Waals surface area (Å²) in [6.45, 7) is 0. The average Bonchev–Trinajstić information content (AvgIpc) is 3.07. The molecule has 4 rings (SSSR count). The van der Waals surface area contributed by atoms with Gasteiger partial charge in [-0.05, 0) is 30.3 Å². The van der Waals surface area contributed by atoms with Crippen LogP contribution in [-0.2, 0) is 0 Å². The second kappa shape index (κ2) is 6.76. The molecule has 0 unspecified atom stereocenters. The molecule has 0 saturated heterocycles. The van der Waals surface area contributed by atoms with Crippen molar-refractivity contribution in [3.63, 3.8) is 0 Å². The van der Waals surface area contributed by atoms with Crippen molar-refractivity contribution in [3.8, 4) is 21.9 Å². The van der Waals surface area contributed by atoms with Gasteiger partial charge in [-0.3, -0.25) is 9.36 Å². The van der Waals surface area contributed by atoms with Crippen molar-refractivity contribution in [2.75, 3.05) is 7.11 Å². The molecule has 0 spiro atoms. The number of hydrogen-bond donors (Lipinski definition) is 0. The Morgan fingerprint density at radius 1 is 1.12 bits per heavy atom. The fraction of sp³-hybridized carbons (Fsp3) is 0.0526. The zero-order valence-electron chi connectivity index (χ0n) is 13.6.